The molecule has 0 atom stereocenters. The van der Waals surface area contributed by atoms with Crippen molar-refractivity contribution in [3.05, 3.63) is 94.8 Å². The van der Waals surface area contributed by atoms with Crippen molar-refractivity contribution < 1.29 is 13.9 Å². The molecule has 2 N–H and O–H groups in total. The Morgan fingerprint density at radius 2 is 1.70 bits per heavy atom. The molecule has 3 aromatic rings. The molecule has 0 unspecified atom stereocenters. The maximum Gasteiger partial charge on any atom is 0.131 e. The summed E-state index contributed by atoms with van der Waals surface area (Å²) in [5.74, 6) is -1.08. The number of aliphatic hydroxyl groups excluding tert-OH is 1. The van der Waals surface area contributed by atoms with Gasteiger partial charge in [0, 0.05) is 23.1 Å². The van der Waals surface area contributed by atoms with Gasteiger partial charge in [0.15, 0.2) is 0 Å². The van der Waals surface area contributed by atoms with Gasteiger partial charge in [0.2, 0.25) is 0 Å². The minimum absolute atomic E-state index is 0.132. The Labute approximate surface area is 175 Å². The smallest absolute Gasteiger partial charge is 0.131 e. The molecule has 5 heteroatoms. The molecule has 154 valence electrons. The number of halogens is 2. The summed E-state index contributed by atoms with van der Waals surface area (Å²) in [7, 11) is 0. The lowest BCUT2D eigenvalue weighted by Gasteiger charge is -2.11. The molecule has 0 radical (unpaired) electrons. The molecule has 0 fully saturated rings. The Morgan fingerprint density at radius 3 is 2.50 bits per heavy atom. The van der Waals surface area contributed by atoms with Gasteiger partial charge in [0.1, 0.15) is 11.6 Å². The number of hydrogen-bond donors (Lipinski definition) is 2. The number of benzene rings is 2. The van der Waals surface area contributed by atoms with Crippen LogP contribution in [0.25, 0.3) is 5.57 Å². The molecule has 1 aliphatic rings. The van der Waals surface area contributed by atoms with E-state index in [1.54, 1.807) is 12.1 Å². The Hall–Kier alpha value is -3.05. The lowest BCUT2D eigenvalue weighted by Crippen LogP contribution is -2.00. The fourth-order valence-electron chi connectivity index (χ4n) is 3.93. The van der Waals surface area contributed by atoms with E-state index < -0.39 is 11.6 Å². The van der Waals surface area contributed by atoms with Gasteiger partial charge in [-0.3, -0.25) is 4.98 Å². The highest BCUT2D eigenvalue weighted by atomic mass is 19.1. The van der Waals surface area contributed by atoms with Gasteiger partial charge < -0.3 is 10.4 Å². The Balaban J connectivity index is 1.35. The van der Waals surface area contributed by atoms with Crippen LogP contribution >= 0.6 is 0 Å². The third kappa shape index (κ3) is 4.57. The summed E-state index contributed by atoms with van der Waals surface area (Å²) in [6, 6.07) is 14.3. The van der Waals surface area contributed by atoms with Gasteiger partial charge in [0.05, 0.1) is 12.3 Å². The number of nitrogens with zero attached hydrogens (tertiary/aromatic N) is 1. The molecule has 1 aliphatic carbocycles. The number of aromatic nitrogens is 1. The monoisotopic (exact) mass is 406 g/mol. The lowest BCUT2D eigenvalue weighted by atomic mass is 9.99. The first-order valence-electron chi connectivity index (χ1n) is 10.2. The summed E-state index contributed by atoms with van der Waals surface area (Å²) in [5.41, 5.74) is 5.57. The van der Waals surface area contributed by atoms with Crippen LogP contribution in [0, 0.1) is 11.6 Å². The maximum atomic E-state index is 14.5. The number of fused-ring (bicyclic) bond motifs is 1. The normalized spacial score (nSPS) is 12.6. The van der Waals surface area contributed by atoms with Crippen LogP contribution in [0.4, 0.5) is 20.2 Å². The number of pyridine rings is 1. The minimum atomic E-state index is -0.542. The van der Waals surface area contributed by atoms with Gasteiger partial charge in [-0.05, 0) is 73.1 Å². The van der Waals surface area contributed by atoms with Crippen molar-refractivity contribution >= 4 is 16.9 Å². The van der Waals surface area contributed by atoms with Gasteiger partial charge >= 0.3 is 0 Å². The van der Waals surface area contributed by atoms with Crippen LogP contribution in [0.3, 0.4) is 0 Å². The van der Waals surface area contributed by atoms with Crippen LogP contribution < -0.4 is 5.32 Å². The molecule has 0 spiro atoms. The zero-order valence-electron chi connectivity index (χ0n) is 16.7. The zero-order chi connectivity index (χ0) is 20.9. The summed E-state index contributed by atoms with van der Waals surface area (Å²) < 4.78 is 29.1. The van der Waals surface area contributed by atoms with E-state index in [-0.39, 0.29) is 12.2 Å². The zero-order valence-corrected chi connectivity index (χ0v) is 16.7. The number of allylic oxidation sites excluding steroid dienone is 2. The highest BCUT2D eigenvalue weighted by molar-refractivity contribution is 5.72. The molecule has 0 bridgehead atoms. The third-order valence-corrected chi connectivity index (χ3v) is 5.46. The molecule has 3 nitrogen and oxygen atoms in total. The second-order valence-corrected chi connectivity index (χ2v) is 7.54. The van der Waals surface area contributed by atoms with E-state index in [9.17, 15) is 8.78 Å². The van der Waals surface area contributed by atoms with E-state index in [4.69, 9.17) is 5.11 Å². The number of rotatable bonds is 8. The first-order valence-corrected chi connectivity index (χ1v) is 10.2. The predicted octanol–water partition coefficient (Wildman–Crippen LogP) is 5.95. The maximum absolute atomic E-state index is 14.5. The average molecular weight is 406 g/mol. The highest BCUT2D eigenvalue weighted by Gasteiger charge is 2.14. The van der Waals surface area contributed by atoms with Crippen LogP contribution in [-0.4, -0.2) is 10.1 Å². The molecule has 4 rings (SSSR count). The van der Waals surface area contributed by atoms with E-state index in [2.05, 4.69) is 40.6 Å². The molecular formula is C25H24F2N2O. The topological polar surface area (TPSA) is 45.1 Å². The fourth-order valence-corrected chi connectivity index (χ4v) is 3.93. The van der Waals surface area contributed by atoms with Crippen molar-refractivity contribution in [2.45, 2.75) is 38.7 Å². The average Bonchev–Trinajstić information content (AvgIpc) is 3.16. The van der Waals surface area contributed by atoms with Crippen molar-refractivity contribution in [1.29, 1.82) is 0 Å². The number of unbranched alkanes of at least 4 members (excludes halogenated alkanes) is 1. The molecule has 1 heterocycles. The van der Waals surface area contributed by atoms with Crippen molar-refractivity contribution in [1.82, 2.24) is 4.98 Å². The largest absolute Gasteiger partial charge is 0.390 e. The molecule has 0 amide bonds. The fraction of sp³-hybridized carbons (Fsp3) is 0.240. The van der Waals surface area contributed by atoms with E-state index in [1.165, 1.54) is 35.0 Å². The summed E-state index contributed by atoms with van der Waals surface area (Å²) in [6.45, 7) is -0.195. The third-order valence-electron chi connectivity index (χ3n) is 5.46. The molecule has 2 aromatic carbocycles. The first-order chi connectivity index (χ1) is 14.6. The molecule has 0 saturated heterocycles. The second-order valence-electron chi connectivity index (χ2n) is 7.54. The first kappa shape index (κ1) is 20.2. The van der Waals surface area contributed by atoms with E-state index in [0.717, 1.165) is 25.7 Å². The Kier molecular flexibility index (Phi) is 6.19. The van der Waals surface area contributed by atoms with Crippen molar-refractivity contribution in [2.24, 2.45) is 0 Å². The number of nitrogens with one attached hydrogen (secondary N) is 1. The molecule has 0 aliphatic heterocycles. The summed E-state index contributed by atoms with van der Waals surface area (Å²) >= 11 is 0. The van der Waals surface area contributed by atoms with Crippen molar-refractivity contribution in [2.75, 3.05) is 5.32 Å². The van der Waals surface area contributed by atoms with Gasteiger partial charge in [-0.15, -0.1) is 0 Å². The molecule has 0 saturated carbocycles. The summed E-state index contributed by atoms with van der Waals surface area (Å²) in [5, 5.41) is 12.1. The lowest BCUT2D eigenvalue weighted by molar-refractivity contribution is 0.277. The van der Waals surface area contributed by atoms with Crippen LogP contribution in [0.5, 0.6) is 0 Å². The van der Waals surface area contributed by atoms with Crippen LogP contribution in [0.15, 0.2) is 60.8 Å². The minimum Gasteiger partial charge on any atom is -0.390 e. The van der Waals surface area contributed by atoms with Gasteiger partial charge in [-0.1, -0.05) is 30.3 Å². The molecule has 30 heavy (non-hydrogen) atoms. The van der Waals surface area contributed by atoms with Crippen molar-refractivity contribution in [3.63, 3.8) is 0 Å². The van der Waals surface area contributed by atoms with E-state index in [0.29, 0.717) is 23.5 Å². The number of anilines is 2. The summed E-state index contributed by atoms with van der Waals surface area (Å²) in [4.78, 5) is 3.99. The van der Waals surface area contributed by atoms with Gasteiger partial charge in [-0.2, -0.15) is 0 Å². The molecule has 1 aromatic heterocycles. The van der Waals surface area contributed by atoms with Crippen LogP contribution in [0.1, 0.15) is 41.6 Å². The van der Waals surface area contributed by atoms with Crippen LogP contribution in [-0.2, 0) is 19.4 Å². The van der Waals surface area contributed by atoms with Gasteiger partial charge in [0.25, 0.3) is 0 Å². The van der Waals surface area contributed by atoms with Crippen LogP contribution in [0.2, 0.25) is 0 Å². The molecular weight excluding hydrogens is 382 g/mol. The second kappa shape index (κ2) is 9.18. The van der Waals surface area contributed by atoms with E-state index in [1.807, 2.05) is 0 Å². The van der Waals surface area contributed by atoms with E-state index >= 15 is 0 Å². The van der Waals surface area contributed by atoms with Crippen molar-refractivity contribution in [3.8, 4) is 0 Å². The quantitative estimate of drug-likeness (QED) is 0.455. The standard InChI is InChI=1S/C25H24F2N2O/c26-24-14-20(29-19-11-12-28-21(13-19)16-30)15-25(27)23(24)8-4-2-6-18-10-9-17-5-1-3-7-22(17)18/h1,3,5,7,10-15,30H,2,4,6,8-9,16H2,(H,28,29). The highest BCUT2D eigenvalue weighted by Crippen LogP contribution is 2.31. The summed E-state index contributed by atoms with van der Waals surface area (Å²) in [6.07, 6.45) is 7.68. The number of aliphatic hydroxyl groups is 1. The predicted molar refractivity (Wildman–Crippen MR) is 115 cm³/mol. The van der Waals surface area contributed by atoms with Gasteiger partial charge in [-0.25, -0.2) is 8.78 Å². The number of hydrogen-bond acceptors (Lipinski definition) is 3. The Bertz CT molecular complexity index is 1060. The SMILES string of the molecule is OCc1cc(Nc2cc(F)c(CCCCC3=CCc4ccccc43)c(F)c2)ccn1. The Morgan fingerprint density at radius 1 is 0.933 bits per heavy atom.